The second-order valence-electron chi connectivity index (χ2n) is 7.35. The Labute approximate surface area is 181 Å². The Balaban J connectivity index is 1.88. The lowest BCUT2D eigenvalue weighted by atomic mass is 10.0. The fourth-order valence-electron chi connectivity index (χ4n) is 3.49. The molecule has 2 atom stereocenters. The molecule has 2 aromatic rings. The van der Waals surface area contributed by atoms with E-state index in [1.54, 1.807) is 13.0 Å². The molecule has 0 radical (unpaired) electrons. The number of hydrogen-bond donors (Lipinski definition) is 2. The predicted molar refractivity (Wildman–Crippen MR) is 109 cm³/mol. The first-order valence-corrected chi connectivity index (χ1v) is 9.99. The molecule has 1 aromatic carbocycles. The van der Waals surface area contributed by atoms with Gasteiger partial charge in [-0.3, -0.25) is 9.69 Å². The van der Waals surface area contributed by atoms with Gasteiger partial charge in [-0.25, -0.2) is 4.98 Å². The number of carbonyl (C=O) groups is 1. The molecule has 0 bridgehead atoms. The fourth-order valence-corrected chi connectivity index (χ4v) is 3.79. The number of nitrogens with one attached hydrogen (secondary N) is 1. The average Bonchev–Trinajstić information content (AvgIpc) is 3.11. The van der Waals surface area contributed by atoms with E-state index in [4.69, 9.17) is 28.3 Å². The third-order valence-corrected chi connectivity index (χ3v) is 5.70. The van der Waals surface area contributed by atoms with Crippen LogP contribution < -0.4 is 5.32 Å². The van der Waals surface area contributed by atoms with Gasteiger partial charge in [-0.1, -0.05) is 35.3 Å². The average molecular weight is 462 g/mol. The van der Waals surface area contributed by atoms with Crippen LogP contribution in [0.15, 0.2) is 30.5 Å². The summed E-state index contributed by atoms with van der Waals surface area (Å²) in [5.74, 6) is -1.32. The Morgan fingerprint density at radius 3 is 2.70 bits per heavy atom. The lowest BCUT2D eigenvalue weighted by molar-refractivity contribution is -0.144. The molecular weight excluding hydrogens is 442 g/mol. The Kier molecular flexibility index (Phi) is 6.79. The molecule has 2 heterocycles. The lowest BCUT2D eigenvalue weighted by Crippen LogP contribution is -2.29. The van der Waals surface area contributed by atoms with E-state index in [9.17, 15) is 18.0 Å². The number of rotatable bonds is 6. The van der Waals surface area contributed by atoms with E-state index in [0.717, 1.165) is 0 Å². The summed E-state index contributed by atoms with van der Waals surface area (Å²) in [6.45, 7) is 2.73. The molecule has 2 N–H and O–H groups in total. The molecule has 10 heteroatoms. The standard InChI is InChI=1S/C20H20Cl2F3N3O2/c1-11-6-12(2-3-16(11)22)17(20(23,24)25)27-18-14(7-15(21)8-26-18)10-28-5-4-13(9-28)19(29)30/h2-3,6-8,13,17H,4-5,9-10H2,1H3,(H,26,27)(H,29,30)/t13-,17+/m1/s1. The summed E-state index contributed by atoms with van der Waals surface area (Å²) in [4.78, 5) is 17.1. The number of pyridine rings is 1. The maximum Gasteiger partial charge on any atom is 0.412 e. The maximum atomic E-state index is 13.9. The summed E-state index contributed by atoms with van der Waals surface area (Å²) < 4.78 is 41.6. The molecule has 1 aliphatic heterocycles. The zero-order valence-corrected chi connectivity index (χ0v) is 17.5. The monoisotopic (exact) mass is 461 g/mol. The first-order chi connectivity index (χ1) is 14.0. The largest absolute Gasteiger partial charge is 0.481 e. The number of alkyl halides is 3. The SMILES string of the molecule is Cc1cc([C@H](Nc2ncc(Cl)cc2CN2CC[C@@H](C(=O)O)C2)C(F)(F)F)ccc1Cl. The summed E-state index contributed by atoms with van der Waals surface area (Å²) >= 11 is 12.0. The minimum Gasteiger partial charge on any atom is -0.481 e. The summed E-state index contributed by atoms with van der Waals surface area (Å²) in [6, 6.07) is 3.70. The van der Waals surface area contributed by atoms with E-state index in [0.29, 0.717) is 35.7 Å². The Morgan fingerprint density at radius 1 is 1.37 bits per heavy atom. The number of carboxylic acids is 1. The minimum absolute atomic E-state index is 0.0132. The maximum absolute atomic E-state index is 13.9. The molecule has 162 valence electrons. The van der Waals surface area contributed by atoms with Crippen molar-refractivity contribution < 1.29 is 23.1 Å². The molecule has 0 spiro atoms. The Morgan fingerprint density at radius 2 is 2.10 bits per heavy atom. The molecular formula is C20H20Cl2F3N3O2. The van der Waals surface area contributed by atoms with Crippen LogP contribution in [0.1, 0.15) is 29.2 Å². The molecule has 1 aromatic heterocycles. The Hall–Kier alpha value is -2.03. The van der Waals surface area contributed by atoms with E-state index < -0.39 is 24.1 Å². The van der Waals surface area contributed by atoms with Gasteiger partial charge in [0.25, 0.3) is 0 Å². The lowest BCUT2D eigenvalue weighted by Gasteiger charge is -2.25. The van der Waals surface area contributed by atoms with Gasteiger partial charge in [0.15, 0.2) is 0 Å². The fraction of sp³-hybridized carbons (Fsp3) is 0.400. The van der Waals surface area contributed by atoms with Gasteiger partial charge in [-0.2, -0.15) is 13.2 Å². The summed E-state index contributed by atoms with van der Waals surface area (Å²) in [7, 11) is 0. The van der Waals surface area contributed by atoms with Crippen molar-refractivity contribution in [2.24, 2.45) is 5.92 Å². The van der Waals surface area contributed by atoms with Crippen molar-refractivity contribution in [3.63, 3.8) is 0 Å². The van der Waals surface area contributed by atoms with Gasteiger partial charge in [0.1, 0.15) is 11.9 Å². The zero-order valence-electron chi connectivity index (χ0n) is 16.0. The number of anilines is 1. The van der Waals surface area contributed by atoms with Crippen molar-refractivity contribution >= 4 is 35.0 Å². The van der Waals surface area contributed by atoms with E-state index >= 15 is 0 Å². The highest BCUT2D eigenvalue weighted by atomic mass is 35.5. The topological polar surface area (TPSA) is 65.5 Å². The summed E-state index contributed by atoms with van der Waals surface area (Å²) in [6.07, 6.45) is -2.82. The Bertz CT molecular complexity index is 940. The number of halogens is 5. The van der Waals surface area contributed by atoms with Gasteiger partial charge < -0.3 is 10.4 Å². The van der Waals surface area contributed by atoms with E-state index in [1.807, 2.05) is 4.90 Å². The van der Waals surface area contributed by atoms with Crippen LogP contribution in [0, 0.1) is 12.8 Å². The molecule has 5 nitrogen and oxygen atoms in total. The van der Waals surface area contributed by atoms with Crippen LogP contribution in [0.25, 0.3) is 0 Å². The minimum atomic E-state index is -4.58. The van der Waals surface area contributed by atoms with E-state index in [1.165, 1.54) is 24.4 Å². The van der Waals surface area contributed by atoms with Crippen molar-refractivity contribution in [1.82, 2.24) is 9.88 Å². The first kappa shape index (κ1) is 22.7. The van der Waals surface area contributed by atoms with Gasteiger partial charge in [-0.05, 0) is 43.1 Å². The van der Waals surface area contributed by atoms with Gasteiger partial charge in [0, 0.05) is 29.9 Å². The molecule has 0 aliphatic carbocycles. The number of aryl methyl sites for hydroxylation is 1. The normalized spacial score (nSPS) is 18.4. The summed E-state index contributed by atoms with van der Waals surface area (Å²) in [5, 5.41) is 12.3. The number of aromatic nitrogens is 1. The molecule has 0 saturated carbocycles. The number of benzene rings is 1. The van der Waals surface area contributed by atoms with Crippen molar-refractivity contribution in [3.05, 3.63) is 57.2 Å². The van der Waals surface area contributed by atoms with E-state index in [-0.39, 0.29) is 22.9 Å². The highest BCUT2D eigenvalue weighted by molar-refractivity contribution is 6.31. The first-order valence-electron chi connectivity index (χ1n) is 9.23. The van der Waals surface area contributed by atoms with Crippen LogP contribution in [0.4, 0.5) is 19.0 Å². The van der Waals surface area contributed by atoms with Crippen LogP contribution >= 0.6 is 23.2 Å². The molecule has 1 fully saturated rings. The van der Waals surface area contributed by atoms with Crippen molar-refractivity contribution in [3.8, 4) is 0 Å². The number of carboxylic acid groups (broad SMARTS) is 1. The molecule has 1 aliphatic rings. The van der Waals surface area contributed by atoms with Crippen LogP contribution in [-0.2, 0) is 11.3 Å². The molecule has 0 unspecified atom stereocenters. The molecule has 30 heavy (non-hydrogen) atoms. The third-order valence-electron chi connectivity index (χ3n) is 5.07. The van der Waals surface area contributed by atoms with Gasteiger partial charge in [0.2, 0.25) is 0 Å². The number of hydrogen-bond acceptors (Lipinski definition) is 4. The van der Waals surface area contributed by atoms with Gasteiger partial charge in [-0.15, -0.1) is 0 Å². The third kappa shape index (κ3) is 5.36. The number of likely N-dealkylation sites (tertiary alicyclic amines) is 1. The van der Waals surface area contributed by atoms with E-state index in [2.05, 4.69) is 10.3 Å². The smallest absolute Gasteiger partial charge is 0.412 e. The van der Waals surface area contributed by atoms with Crippen molar-refractivity contribution in [2.45, 2.75) is 32.1 Å². The molecule has 1 saturated heterocycles. The van der Waals surface area contributed by atoms with Gasteiger partial charge >= 0.3 is 12.1 Å². The molecule has 0 amide bonds. The zero-order chi connectivity index (χ0) is 22.1. The highest BCUT2D eigenvalue weighted by Crippen LogP contribution is 2.37. The van der Waals surface area contributed by atoms with Crippen LogP contribution in [-0.4, -0.2) is 40.2 Å². The molecule has 3 rings (SSSR count). The highest BCUT2D eigenvalue weighted by Gasteiger charge is 2.41. The second-order valence-corrected chi connectivity index (χ2v) is 8.19. The van der Waals surface area contributed by atoms with Crippen LogP contribution in [0.3, 0.4) is 0 Å². The number of nitrogens with zero attached hydrogens (tertiary/aromatic N) is 2. The quantitative estimate of drug-likeness (QED) is 0.609. The van der Waals surface area contributed by atoms with Crippen LogP contribution in [0.2, 0.25) is 10.0 Å². The van der Waals surface area contributed by atoms with Crippen LogP contribution in [0.5, 0.6) is 0 Å². The van der Waals surface area contributed by atoms with Crippen molar-refractivity contribution in [2.75, 3.05) is 18.4 Å². The van der Waals surface area contributed by atoms with Crippen molar-refractivity contribution in [1.29, 1.82) is 0 Å². The summed E-state index contributed by atoms with van der Waals surface area (Å²) in [5.41, 5.74) is 1.01. The number of aliphatic carboxylic acids is 1. The second kappa shape index (κ2) is 8.99. The van der Waals surface area contributed by atoms with Gasteiger partial charge in [0.05, 0.1) is 10.9 Å². The predicted octanol–water partition coefficient (Wildman–Crippen LogP) is 5.32.